The molecule has 1 aliphatic rings. The Hall–Kier alpha value is -0.850. The molecule has 0 N–H and O–H groups in total. The van der Waals surface area contributed by atoms with Gasteiger partial charge in [-0.3, -0.25) is 4.79 Å². The molecule has 1 nitrogen and oxygen atoms in total. The maximum Gasteiger partial charge on any atom is 0.155 e. The molecule has 0 atom stereocenters. The molecule has 0 aromatic heterocycles. The molecule has 0 bridgehead atoms. The summed E-state index contributed by atoms with van der Waals surface area (Å²) in [5.41, 5.74) is 1.42. The molecule has 0 heterocycles. The van der Waals surface area contributed by atoms with Gasteiger partial charge in [0.1, 0.15) is 0 Å². The molecule has 0 saturated carbocycles. The summed E-state index contributed by atoms with van der Waals surface area (Å²) >= 11 is 0. The molecule has 12 heavy (non-hydrogen) atoms. The van der Waals surface area contributed by atoms with Gasteiger partial charge in [0.25, 0.3) is 0 Å². The van der Waals surface area contributed by atoms with Crippen LogP contribution in [0.4, 0.5) is 0 Å². The zero-order valence-corrected chi connectivity index (χ0v) is 7.89. The molecule has 0 radical (unpaired) electrons. The SMILES string of the molecule is C=CCC(C)(C)C1=CC(=O)CC1. The largest absolute Gasteiger partial charge is 0.295 e. The van der Waals surface area contributed by atoms with Crippen molar-refractivity contribution in [1.82, 2.24) is 0 Å². The predicted molar refractivity (Wildman–Crippen MR) is 50.9 cm³/mol. The molecule has 0 aromatic rings. The highest BCUT2D eigenvalue weighted by molar-refractivity contribution is 5.93. The molecule has 0 aliphatic heterocycles. The summed E-state index contributed by atoms with van der Waals surface area (Å²) in [5.74, 6) is 0.280. The number of ketones is 1. The third-order valence-corrected chi connectivity index (χ3v) is 2.50. The van der Waals surface area contributed by atoms with Crippen LogP contribution in [0.15, 0.2) is 24.3 Å². The van der Waals surface area contributed by atoms with Gasteiger partial charge in [0.05, 0.1) is 0 Å². The molecule has 0 saturated heterocycles. The zero-order valence-electron chi connectivity index (χ0n) is 7.89. The predicted octanol–water partition coefficient (Wildman–Crippen LogP) is 2.88. The van der Waals surface area contributed by atoms with Gasteiger partial charge in [0, 0.05) is 6.42 Å². The van der Waals surface area contributed by atoms with Gasteiger partial charge in [0.15, 0.2) is 5.78 Å². The van der Waals surface area contributed by atoms with Crippen molar-refractivity contribution in [3.05, 3.63) is 24.3 Å². The molecule has 0 aromatic carbocycles. The van der Waals surface area contributed by atoms with E-state index in [2.05, 4.69) is 20.4 Å². The van der Waals surface area contributed by atoms with Crippen molar-refractivity contribution in [2.24, 2.45) is 5.41 Å². The quantitative estimate of drug-likeness (QED) is 0.586. The van der Waals surface area contributed by atoms with Gasteiger partial charge in [-0.05, 0) is 24.3 Å². The van der Waals surface area contributed by atoms with E-state index in [0.29, 0.717) is 6.42 Å². The summed E-state index contributed by atoms with van der Waals surface area (Å²) in [6.45, 7) is 8.06. The Bertz CT molecular complexity index is 233. The molecule has 1 aliphatic carbocycles. The fourth-order valence-electron chi connectivity index (χ4n) is 1.62. The highest BCUT2D eigenvalue weighted by Gasteiger charge is 2.25. The van der Waals surface area contributed by atoms with Crippen molar-refractivity contribution < 1.29 is 4.79 Å². The molecular formula is C11H16O. The number of hydrogen-bond donors (Lipinski definition) is 0. The summed E-state index contributed by atoms with van der Waals surface area (Å²) in [6.07, 6.45) is 6.33. The van der Waals surface area contributed by atoms with Gasteiger partial charge in [-0.15, -0.1) is 6.58 Å². The van der Waals surface area contributed by atoms with Crippen LogP contribution in [0.2, 0.25) is 0 Å². The Balaban J connectivity index is 2.74. The molecule has 0 fully saturated rings. The first-order chi connectivity index (χ1) is 5.56. The second-order valence-corrected chi connectivity index (χ2v) is 4.01. The highest BCUT2D eigenvalue weighted by atomic mass is 16.1. The van der Waals surface area contributed by atoms with Crippen LogP contribution in [0.3, 0.4) is 0 Å². The fourth-order valence-corrected chi connectivity index (χ4v) is 1.62. The lowest BCUT2D eigenvalue weighted by Crippen LogP contribution is -2.12. The first kappa shape index (κ1) is 9.24. The van der Waals surface area contributed by atoms with Crippen molar-refractivity contribution in [3.63, 3.8) is 0 Å². The molecule has 0 amide bonds. The minimum Gasteiger partial charge on any atom is -0.295 e. The van der Waals surface area contributed by atoms with Gasteiger partial charge >= 0.3 is 0 Å². The van der Waals surface area contributed by atoms with E-state index in [1.54, 1.807) is 0 Å². The topological polar surface area (TPSA) is 17.1 Å². The lowest BCUT2D eigenvalue weighted by Gasteiger charge is -2.24. The average molecular weight is 164 g/mol. The van der Waals surface area contributed by atoms with E-state index < -0.39 is 0 Å². The van der Waals surface area contributed by atoms with Crippen LogP contribution in [0.25, 0.3) is 0 Å². The Morgan fingerprint density at radius 3 is 2.67 bits per heavy atom. The second-order valence-electron chi connectivity index (χ2n) is 4.01. The molecule has 0 spiro atoms. The normalized spacial score (nSPS) is 17.8. The van der Waals surface area contributed by atoms with Crippen LogP contribution in [0.1, 0.15) is 33.1 Å². The number of rotatable bonds is 3. The minimum atomic E-state index is 0.133. The van der Waals surface area contributed by atoms with E-state index in [-0.39, 0.29) is 11.2 Å². The van der Waals surface area contributed by atoms with Crippen LogP contribution in [-0.4, -0.2) is 5.78 Å². The summed E-state index contributed by atoms with van der Waals surface area (Å²) in [7, 11) is 0. The lowest BCUT2D eigenvalue weighted by molar-refractivity contribution is -0.114. The maximum atomic E-state index is 11.0. The third-order valence-electron chi connectivity index (χ3n) is 2.50. The van der Waals surface area contributed by atoms with Gasteiger partial charge in [-0.2, -0.15) is 0 Å². The number of allylic oxidation sites excluding steroid dienone is 3. The van der Waals surface area contributed by atoms with Crippen molar-refractivity contribution in [3.8, 4) is 0 Å². The molecular weight excluding hydrogens is 148 g/mol. The van der Waals surface area contributed by atoms with Gasteiger partial charge < -0.3 is 0 Å². The van der Waals surface area contributed by atoms with Gasteiger partial charge in [0.2, 0.25) is 0 Å². The maximum absolute atomic E-state index is 11.0. The van der Waals surface area contributed by atoms with E-state index in [9.17, 15) is 4.79 Å². The number of carbonyl (C=O) groups excluding carboxylic acids is 1. The Labute approximate surface area is 74.2 Å². The van der Waals surface area contributed by atoms with Crippen LogP contribution in [0, 0.1) is 5.41 Å². The standard InChI is InChI=1S/C11H16O/c1-4-7-11(2,3)9-5-6-10(12)8-9/h4,8H,1,5-7H2,2-3H3. The van der Waals surface area contributed by atoms with E-state index in [1.165, 1.54) is 5.57 Å². The monoisotopic (exact) mass is 164 g/mol. The Morgan fingerprint density at radius 1 is 1.58 bits per heavy atom. The van der Waals surface area contributed by atoms with E-state index in [1.807, 2.05) is 12.2 Å². The first-order valence-electron chi connectivity index (χ1n) is 4.41. The fraction of sp³-hybridized carbons (Fsp3) is 0.545. The van der Waals surface area contributed by atoms with Crippen molar-refractivity contribution >= 4 is 5.78 Å². The number of carbonyl (C=O) groups is 1. The van der Waals surface area contributed by atoms with Crippen LogP contribution >= 0.6 is 0 Å². The highest BCUT2D eigenvalue weighted by Crippen LogP contribution is 2.36. The van der Waals surface area contributed by atoms with Crippen molar-refractivity contribution in [2.75, 3.05) is 0 Å². The molecule has 1 rings (SSSR count). The summed E-state index contributed by atoms with van der Waals surface area (Å²) in [4.78, 5) is 11.0. The van der Waals surface area contributed by atoms with E-state index in [4.69, 9.17) is 0 Å². The van der Waals surface area contributed by atoms with E-state index >= 15 is 0 Å². The van der Waals surface area contributed by atoms with Crippen LogP contribution in [0.5, 0.6) is 0 Å². The smallest absolute Gasteiger partial charge is 0.155 e. The van der Waals surface area contributed by atoms with Gasteiger partial charge in [-0.25, -0.2) is 0 Å². The Kier molecular flexibility index (Phi) is 2.51. The van der Waals surface area contributed by atoms with Gasteiger partial charge in [-0.1, -0.05) is 25.5 Å². The summed E-state index contributed by atoms with van der Waals surface area (Å²) in [6, 6.07) is 0. The Morgan fingerprint density at radius 2 is 2.25 bits per heavy atom. The van der Waals surface area contributed by atoms with E-state index in [0.717, 1.165) is 12.8 Å². The van der Waals surface area contributed by atoms with Crippen LogP contribution in [-0.2, 0) is 4.79 Å². The third kappa shape index (κ3) is 1.84. The summed E-state index contributed by atoms with van der Waals surface area (Å²) < 4.78 is 0. The zero-order chi connectivity index (χ0) is 9.19. The lowest BCUT2D eigenvalue weighted by atomic mass is 9.81. The molecule has 0 unspecified atom stereocenters. The minimum absolute atomic E-state index is 0.133. The summed E-state index contributed by atoms with van der Waals surface area (Å²) in [5, 5.41) is 0. The molecule has 66 valence electrons. The average Bonchev–Trinajstić information content (AvgIpc) is 2.36. The second kappa shape index (κ2) is 3.26. The molecule has 1 heteroatoms. The van der Waals surface area contributed by atoms with Crippen molar-refractivity contribution in [2.45, 2.75) is 33.1 Å². The van der Waals surface area contributed by atoms with Crippen molar-refractivity contribution in [1.29, 1.82) is 0 Å². The van der Waals surface area contributed by atoms with Crippen LogP contribution < -0.4 is 0 Å². The number of hydrogen-bond acceptors (Lipinski definition) is 1. The first-order valence-corrected chi connectivity index (χ1v) is 4.41.